The molecule has 6 heteroatoms. The van der Waals surface area contributed by atoms with Crippen molar-refractivity contribution in [2.24, 2.45) is 5.92 Å². The minimum atomic E-state index is 0.127. The van der Waals surface area contributed by atoms with E-state index in [0.29, 0.717) is 24.1 Å². The Morgan fingerprint density at radius 3 is 2.83 bits per heavy atom. The molecule has 1 fully saturated rings. The Bertz CT molecular complexity index is 1020. The summed E-state index contributed by atoms with van der Waals surface area (Å²) >= 11 is 1.72. The molecule has 0 spiro atoms. The highest BCUT2D eigenvalue weighted by Gasteiger charge is 2.27. The second-order valence-corrected chi connectivity index (χ2v) is 9.03. The van der Waals surface area contributed by atoms with E-state index in [2.05, 4.69) is 17.1 Å². The van der Waals surface area contributed by atoms with E-state index < -0.39 is 0 Å². The summed E-state index contributed by atoms with van der Waals surface area (Å²) in [7, 11) is 0. The first-order valence-electron chi connectivity index (χ1n) is 10.6. The summed E-state index contributed by atoms with van der Waals surface area (Å²) in [5.74, 6) is 2.70. The smallest absolute Gasteiger partial charge is 0.254 e. The Morgan fingerprint density at radius 1 is 1.20 bits per heavy atom. The van der Waals surface area contributed by atoms with Gasteiger partial charge in [-0.25, -0.2) is 0 Å². The highest BCUT2D eigenvalue weighted by atomic mass is 32.2. The van der Waals surface area contributed by atoms with Gasteiger partial charge in [0.1, 0.15) is 0 Å². The largest absolute Gasteiger partial charge is 0.339 e. The van der Waals surface area contributed by atoms with Gasteiger partial charge in [-0.3, -0.25) is 4.79 Å². The number of hydrogen-bond donors (Lipinski definition) is 0. The maximum Gasteiger partial charge on any atom is 0.254 e. The number of carbonyl (C=O) groups is 1. The minimum Gasteiger partial charge on any atom is -0.339 e. The van der Waals surface area contributed by atoms with Crippen LogP contribution in [0.2, 0.25) is 0 Å². The molecule has 0 aliphatic carbocycles. The quantitative estimate of drug-likeness (QED) is 0.509. The van der Waals surface area contributed by atoms with Crippen LogP contribution in [0, 0.1) is 12.8 Å². The Hall–Kier alpha value is -2.60. The fraction of sp³-hybridized carbons (Fsp3) is 0.375. The topological polar surface area (TPSA) is 59.2 Å². The van der Waals surface area contributed by atoms with E-state index >= 15 is 0 Å². The first-order valence-corrected chi connectivity index (χ1v) is 11.5. The molecule has 1 atom stereocenters. The first kappa shape index (κ1) is 20.7. The van der Waals surface area contributed by atoms with Crippen molar-refractivity contribution in [3.8, 4) is 11.4 Å². The number of nitrogens with zero attached hydrogens (tertiary/aromatic N) is 3. The lowest BCUT2D eigenvalue weighted by Gasteiger charge is -2.32. The standard InChI is InChI=1S/C24H27N3O2S/c1-3-30-21-13-7-6-12-20(21)24(28)27-14-8-10-18(16-27)15-22-25-23(26-29-22)19-11-5-4-9-17(19)2/h4-7,9,11-13,18H,3,8,10,14-16H2,1-2H3. The molecule has 4 rings (SSSR count). The van der Waals surface area contributed by atoms with Gasteiger partial charge in [0.2, 0.25) is 11.7 Å². The van der Waals surface area contributed by atoms with Gasteiger partial charge in [0, 0.05) is 30.0 Å². The molecule has 0 bridgehead atoms. The van der Waals surface area contributed by atoms with E-state index in [9.17, 15) is 4.79 Å². The Balaban J connectivity index is 1.44. The van der Waals surface area contributed by atoms with Crippen LogP contribution in [0.1, 0.15) is 41.6 Å². The highest BCUT2D eigenvalue weighted by Crippen LogP contribution is 2.27. The van der Waals surface area contributed by atoms with E-state index in [1.54, 1.807) is 11.8 Å². The summed E-state index contributed by atoms with van der Waals surface area (Å²) in [4.78, 5) is 20.8. The second kappa shape index (κ2) is 9.47. The van der Waals surface area contributed by atoms with Crippen LogP contribution in [0.5, 0.6) is 0 Å². The first-order chi connectivity index (χ1) is 14.7. The van der Waals surface area contributed by atoms with E-state index in [1.807, 2.05) is 60.4 Å². The van der Waals surface area contributed by atoms with Crippen molar-refractivity contribution in [3.05, 3.63) is 65.5 Å². The average molecular weight is 422 g/mol. The molecule has 0 saturated carbocycles. The maximum absolute atomic E-state index is 13.2. The number of piperidine rings is 1. The minimum absolute atomic E-state index is 0.127. The molecule has 0 N–H and O–H groups in total. The third-order valence-corrected chi connectivity index (χ3v) is 6.50. The Kier molecular flexibility index (Phi) is 6.53. The SMILES string of the molecule is CCSc1ccccc1C(=O)N1CCCC(Cc2nc(-c3ccccc3C)no2)C1. The van der Waals surface area contributed by atoms with Crippen LogP contribution in [-0.4, -0.2) is 39.8 Å². The van der Waals surface area contributed by atoms with Crippen molar-refractivity contribution in [1.82, 2.24) is 15.0 Å². The fourth-order valence-corrected chi connectivity index (χ4v) is 4.83. The molecule has 5 nitrogen and oxygen atoms in total. The number of amides is 1. The van der Waals surface area contributed by atoms with E-state index in [0.717, 1.165) is 53.3 Å². The molecule has 1 saturated heterocycles. The number of benzene rings is 2. The molecule has 1 aliphatic heterocycles. The van der Waals surface area contributed by atoms with Crippen LogP contribution in [0.25, 0.3) is 11.4 Å². The molecule has 1 aromatic heterocycles. The Morgan fingerprint density at radius 2 is 2.00 bits per heavy atom. The summed E-state index contributed by atoms with van der Waals surface area (Å²) in [6.07, 6.45) is 2.77. The second-order valence-electron chi connectivity index (χ2n) is 7.72. The molecule has 2 heterocycles. The van der Waals surface area contributed by atoms with Crippen LogP contribution in [0.4, 0.5) is 0 Å². The summed E-state index contributed by atoms with van der Waals surface area (Å²) in [5.41, 5.74) is 2.94. The van der Waals surface area contributed by atoms with Gasteiger partial charge >= 0.3 is 0 Å². The molecule has 156 valence electrons. The van der Waals surface area contributed by atoms with Crippen LogP contribution < -0.4 is 0 Å². The van der Waals surface area contributed by atoms with Crippen LogP contribution in [0.3, 0.4) is 0 Å². The lowest BCUT2D eigenvalue weighted by atomic mass is 9.94. The van der Waals surface area contributed by atoms with Crippen molar-refractivity contribution in [1.29, 1.82) is 0 Å². The normalized spacial score (nSPS) is 16.6. The zero-order chi connectivity index (χ0) is 20.9. The van der Waals surface area contributed by atoms with Crippen molar-refractivity contribution in [2.45, 2.75) is 38.0 Å². The van der Waals surface area contributed by atoms with Gasteiger partial charge in [-0.2, -0.15) is 4.98 Å². The van der Waals surface area contributed by atoms with Gasteiger partial charge in [-0.15, -0.1) is 11.8 Å². The molecule has 1 amide bonds. The molecule has 30 heavy (non-hydrogen) atoms. The van der Waals surface area contributed by atoms with Gasteiger partial charge < -0.3 is 9.42 Å². The highest BCUT2D eigenvalue weighted by molar-refractivity contribution is 7.99. The molecule has 3 aromatic rings. The van der Waals surface area contributed by atoms with E-state index in [-0.39, 0.29) is 5.91 Å². The molecule has 1 aliphatic rings. The number of rotatable bonds is 6. The van der Waals surface area contributed by atoms with Crippen molar-refractivity contribution >= 4 is 17.7 Å². The van der Waals surface area contributed by atoms with Crippen molar-refractivity contribution in [3.63, 3.8) is 0 Å². The average Bonchev–Trinajstić information content (AvgIpc) is 3.22. The lowest BCUT2D eigenvalue weighted by molar-refractivity contribution is 0.0664. The fourth-order valence-electron chi connectivity index (χ4n) is 4.03. The predicted molar refractivity (Wildman–Crippen MR) is 120 cm³/mol. The lowest BCUT2D eigenvalue weighted by Crippen LogP contribution is -2.40. The molecule has 1 unspecified atom stereocenters. The zero-order valence-electron chi connectivity index (χ0n) is 17.5. The van der Waals surface area contributed by atoms with Crippen molar-refractivity contribution < 1.29 is 9.32 Å². The third-order valence-electron chi connectivity index (χ3n) is 5.54. The van der Waals surface area contributed by atoms with E-state index in [4.69, 9.17) is 4.52 Å². The number of carbonyl (C=O) groups excluding carboxylic acids is 1. The number of aryl methyl sites for hydroxylation is 1. The van der Waals surface area contributed by atoms with Crippen LogP contribution in [0.15, 0.2) is 57.9 Å². The number of aromatic nitrogens is 2. The molecule has 0 radical (unpaired) electrons. The van der Waals surface area contributed by atoms with Gasteiger partial charge in [0.05, 0.1) is 5.56 Å². The van der Waals surface area contributed by atoms with Crippen LogP contribution in [-0.2, 0) is 6.42 Å². The van der Waals surface area contributed by atoms with Gasteiger partial charge in [-0.05, 0) is 49.1 Å². The number of hydrogen-bond acceptors (Lipinski definition) is 5. The zero-order valence-corrected chi connectivity index (χ0v) is 18.3. The maximum atomic E-state index is 13.2. The van der Waals surface area contributed by atoms with Gasteiger partial charge in [-0.1, -0.05) is 48.5 Å². The van der Waals surface area contributed by atoms with Gasteiger partial charge in [0.25, 0.3) is 5.91 Å². The summed E-state index contributed by atoms with van der Waals surface area (Å²) in [5, 5.41) is 4.18. The summed E-state index contributed by atoms with van der Waals surface area (Å²) in [6.45, 7) is 5.69. The number of likely N-dealkylation sites (tertiary alicyclic amines) is 1. The van der Waals surface area contributed by atoms with E-state index in [1.165, 1.54) is 0 Å². The monoisotopic (exact) mass is 421 g/mol. The molecular formula is C24H27N3O2S. The Labute approximate surface area is 181 Å². The van der Waals surface area contributed by atoms with Gasteiger partial charge in [0.15, 0.2) is 0 Å². The predicted octanol–water partition coefficient (Wildman–Crippen LogP) is 5.25. The van der Waals surface area contributed by atoms with Crippen LogP contribution >= 0.6 is 11.8 Å². The van der Waals surface area contributed by atoms with Crippen molar-refractivity contribution in [2.75, 3.05) is 18.8 Å². The summed E-state index contributed by atoms with van der Waals surface area (Å²) < 4.78 is 5.54. The summed E-state index contributed by atoms with van der Waals surface area (Å²) in [6, 6.07) is 16.0. The third kappa shape index (κ3) is 4.59. The number of thioether (sulfide) groups is 1. The molecular weight excluding hydrogens is 394 g/mol. The molecule has 2 aromatic carbocycles.